The topological polar surface area (TPSA) is 54.3 Å². The summed E-state index contributed by atoms with van der Waals surface area (Å²) in [5.74, 6) is -2.64. The highest BCUT2D eigenvalue weighted by Gasteiger charge is 2.42. The average molecular weight is 294 g/mol. The van der Waals surface area contributed by atoms with Crippen molar-refractivity contribution in [2.75, 3.05) is 6.54 Å². The number of halogens is 2. The fourth-order valence-corrected chi connectivity index (χ4v) is 2.50. The van der Waals surface area contributed by atoms with Crippen LogP contribution in [0.5, 0.6) is 0 Å². The number of benzene rings is 1. The molecule has 1 aromatic heterocycles. The third kappa shape index (κ3) is 2.90. The summed E-state index contributed by atoms with van der Waals surface area (Å²) < 4.78 is 31.8. The smallest absolute Gasteiger partial charge is 0.262 e. The molecule has 0 spiro atoms. The first kappa shape index (κ1) is 14.0. The van der Waals surface area contributed by atoms with E-state index < -0.39 is 30.8 Å². The van der Waals surface area contributed by atoms with Crippen molar-refractivity contribution in [1.29, 1.82) is 0 Å². The van der Waals surface area contributed by atoms with Crippen LogP contribution >= 0.6 is 0 Å². The van der Waals surface area contributed by atoms with E-state index in [1.165, 1.54) is 0 Å². The number of hydrogen-bond acceptors (Lipinski definition) is 3. The SMILES string of the molecule is CC(NC(=O)C1CC(F)(F)CN1)c1cc2ccccc2o1. The first-order valence-corrected chi connectivity index (χ1v) is 6.85. The number of hydrogen-bond donors (Lipinski definition) is 2. The van der Waals surface area contributed by atoms with Crippen molar-refractivity contribution in [1.82, 2.24) is 10.6 Å². The maximum absolute atomic E-state index is 13.1. The van der Waals surface area contributed by atoms with Gasteiger partial charge >= 0.3 is 0 Å². The lowest BCUT2D eigenvalue weighted by molar-refractivity contribution is -0.124. The lowest BCUT2D eigenvalue weighted by atomic mass is 10.1. The molecule has 1 saturated heterocycles. The van der Waals surface area contributed by atoms with Crippen molar-refractivity contribution in [3.8, 4) is 0 Å². The van der Waals surface area contributed by atoms with Gasteiger partial charge in [0.15, 0.2) is 0 Å². The minimum atomic E-state index is -2.81. The van der Waals surface area contributed by atoms with Crippen LogP contribution in [0.15, 0.2) is 34.7 Å². The van der Waals surface area contributed by atoms with Crippen LogP contribution in [-0.2, 0) is 4.79 Å². The number of fused-ring (bicyclic) bond motifs is 1. The van der Waals surface area contributed by atoms with Crippen molar-refractivity contribution < 1.29 is 18.0 Å². The minimum Gasteiger partial charge on any atom is -0.459 e. The van der Waals surface area contributed by atoms with Gasteiger partial charge in [0, 0.05) is 11.8 Å². The number of alkyl halides is 2. The molecule has 4 nitrogen and oxygen atoms in total. The summed E-state index contributed by atoms with van der Waals surface area (Å²) in [6.07, 6.45) is -0.467. The van der Waals surface area contributed by atoms with E-state index in [-0.39, 0.29) is 6.04 Å². The van der Waals surface area contributed by atoms with Crippen molar-refractivity contribution >= 4 is 16.9 Å². The molecule has 1 amide bonds. The highest BCUT2D eigenvalue weighted by atomic mass is 19.3. The Kier molecular flexibility index (Phi) is 3.41. The van der Waals surface area contributed by atoms with E-state index in [0.29, 0.717) is 5.76 Å². The van der Waals surface area contributed by atoms with Crippen LogP contribution in [0.4, 0.5) is 8.78 Å². The summed E-state index contributed by atoms with van der Waals surface area (Å²) in [7, 11) is 0. The van der Waals surface area contributed by atoms with Gasteiger partial charge in [0.05, 0.1) is 18.6 Å². The number of carbonyl (C=O) groups is 1. The molecule has 1 aliphatic rings. The molecule has 21 heavy (non-hydrogen) atoms. The highest BCUT2D eigenvalue weighted by Crippen LogP contribution is 2.27. The molecule has 2 unspecified atom stereocenters. The lowest BCUT2D eigenvalue weighted by Crippen LogP contribution is -2.41. The number of amides is 1. The zero-order valence-electron chi connectivity index (χ0n) is 11.5. The number of rotatable bonds is 3. The minimum absolute atomic E-state index is 0.374. The molecule has 1 aliphatic heterocycles. The highest BCUT2D eigenvalue weighted by molar-refractivity contribution is 5.83. The largest absolute Gasteiger partial charge is 0.459 e. The predicted octanol–water partition coefficient (Wildman–Crippen LogP) is 2.61. The van der Waals surface area contributed by atoms with E-state index >= 15 is 0 Å². The van der Waals surface area contributed by atoms with Crippen LogP contribution in [0.1, 0.15) is 25.1 Å². The molecule has 112 valence electrons. The first-order chi connectivity index (χ1) is 9.94. The van der Waals surface area contributed by atoms with E-state index in [4.69, 9.17) is 4.42 Å². The van der Waals surface area contributed by atoms with Gasteiger partial charge in [-0.1, -0.05) is 18.2 Å². The summed E-state index contributed by atoms with van der Waals surface area (Å²) in [6.45, 7) is 1.31. The Hall–Kier alpha value is -1.95. The van der Waals surface area contributed by atoms with E-state index in [0.717, 1.165) is 11.0 Å². The quantitative estimate of drug-likeness (QED) is 0.915. The first-order valence-electron chi connectivity index (χ1n) is 6.85. The van der Waals surface area contributed by atoms with Crippen LogP contribution < -0.4 is 10.6 Å². The summed E-state index contributed by atoms with van der Waals surface area (Å²) >= 11 is 0. The van der Waals surface area contributed by atoms with Gasteiger partial charge in [-0.3, -0.25) is 10.1 Å². The maximum atomic E-state index is 13.1. The Labute approximate surface area is 120 Å². The standard InChI is InChI=1S/C15H16F2N2O2/c1-9(13-6-10-4-2-3-5-12(10)21-13)19-14(20)11-7-15(16,17)8-18-11/h2-6,9,11,18H,7-8H2,1H3,(H,19,20). The second-order valence-electron chi connectivity index (χ2n) is 5.41. The zero-order valence-corrected chi connectivity index (χ0v) is 11.5. The maximum Gasteiger partial charge on any atom is 0.262 e. The molecular weight excluding hydrogens is 278 g/mol. The zero-order chi connectivity index (χ0) is 15.0. The normalized spacial score (nSPS) is 22.3. The van der Waals surface area contributed by atoms with Crippen molar-refractivity contribution in [2.45, 2.75) is 31.4 Å². The van der Waals surface area contributed by atoms with Crippen LogP contribution in [0.2, 0.25) is 0 Å². The Balaban J connectivity index is 1.68. The third-order valence-corrected chi connectivity index (χ3v) is 3.66. The second-order valence-corrected chi connectivity index (χ2v) is 5.41. The number of nitrogens with one attached hydrogen (secondary N) is 2. The Morgan fingerprint density at radius 3 is 2.90 bits per heavy atom. The van der Waals surface area contributed by atoms with Crippen LogP contribution in [0, 0.1) is 0 Å². The molecule has 3 rings (SSSR count). The molecule has 2 N–H and O–H groups in total. The summed E-state index contributed by atoms with van der Waals surface area (Å²) in [4.78, 5) is 12.0. The number of furan rings is 1. The summed E-state index contributed by atoms with van der Waals surface area (Å²) in [6, 6.07) is 8.13. The van der Waals surface area contributed by atoms with Gasteiger partial charge in [-0.2, -0.15) is 0 Å². The van der Waals surface area contributed by atoms with E-state index in [2.05, 4.69) is 10.6 Å². The molecule has 1 aromatic carbocycles. The predicted molar refractivity (Wildman–Crippen MR) is 74.1 cm³/mol. The van der Waals surface area contributed by atoms with Gasteiger partial charge in [0.2, 0.25) is 5.91 Å². The van der Waals surface area contributed by atoms with Gasteiger partial charge in [-0.15, -0.1) is 0 Å². The fraction of sp³-hybridized carbons (Fsp3) is 0.400. The monoisotopic (exact) mass is 294 g/mol. The Bertz CT molecular complexity index is 635. The van der Waals surface area contributed by atoms with Crippen LogP contribution in [0.25, 0.3) is 11.0 Å². The van der Waals surface area contributed by atoms with Gasteiger partial charge < -0.3 is 9.73 Å². The van der Waals surface area contributed by atoms with Gasteiger partial charge in [0.1, 0.15) is 11.3 Å². The van der Waals surface area contributed by atoms with E-state index in [1.807, 2.05) is 30.3 Å². The molecule has 2 aromatic rings. The molecule has 1 fully saturated rings. The molecule has 6 heteroatoms. The molecular formula is C15H16F2N2O2. The number of carbonyl (C=O) groups excluding carboxylic acids is 1. The Morgan fingerprint density at radius 1 is 1.48 bits per heavy atom. The van der Waals surface area contributed by atoms with Crippen LogP contribution in [0.3, 0.4) is 0 Å². The average Bonchev–Trinajstić information content (AvgIpc) is 3.01. The fourth-order valence-electron chi connectivity index (χ4n) is 2.50. The molecule has 0 saturated carbocycles. The van der Waals surface area contributed by atoms with Crippen molar-refractivity contribution in [2.24, 2.45) is 0 Å². The van der Waals surface area contributed by atoms with Crippen LogP contribution in [-0.4, -0.2) is 24.4 Å². The van der Waals surface area contributed by atoms with E-state index in [9.17, 15) is 13.6 Å². The summed E-state index contributed by atoms with van der Waals surface area (Å²) in [5, 5.41) is 6.19. The third-order valence-electron chi connectivity index (χ3n) is 3.66. The van der Waals surface area contributed by atoms with Gasteiger partial charge in [-0.25, -0.2) is 8.78 Å². The Morgan fingerprint density at radius 2 is 2.24 bits per heavy atom. The van der Waals surface area contributed by atoms with E-state index in [1.54, 1.807) is 6.92 Å². The summed E-state index contributed by atoms with van der Waals surface area (Å²) in [5.41, 5.74) is 0.735. The molecule has 0 bridgehead atoms. The van der Waals surface area contributed by atoms with Gasteiger partial charge in [-0.05, 0) is 19.1 Å². The number of para-hydroxylation sites is 1. The molecule has 2 heterocycles. The van der Waals surface area contributed by atoms with Gasteiger partial charge in [0.25, 0.3) is 5.92 Å². The molecule has 0 aliphatic carbocycles. The van der Waals surface area contributed by atoms with Crippen molar-refractivity contribution in [3.63, 3.8) is 0 Å². The molecule has 2 atom stereocenters. The second kappa shape index (κ2) is 5.11. The lowest BCUT2D eigenvalue weighted by Gasteiger charge is -2.15. The molecule has 0 radical (unpaired) electrons. The van der Waals surface area contributed by atoms with Crippen molar-refractivity contribution in [3.05, 3.63) is 36.1 Å².